The number of pyridine rings is 1. The fourth-order valence-electron chi connectivity index (χ4n) is 3.14. The van der Waals surface area contributed by atoms with Crippen LogP contribution in [0, 0.1) is 0 Å². The van der Waals surface area contributed by atoms with Crippen molar-refractivity contribution in [3.63, 3.8) is 0 Å². The second-order valence-electron chi connectivity index (χ2n) is 5.80. The first-order chi connectivity index (χ1) is 10.4. The van der Waals surface area contributed by atoms with E-state index in [9.17, 15) is 0 Å². The third kappa shape index (κ3) is 2.61. The van der Waals surface area contributed by atoms with E-state index in [4.69, 9.17) is 14.8 Å². The van der Waals surface area contributed by atoms with Crippen molar-refractivity contribution in [2.75, 3.05) is 44.3 Å². The minimum atomic E-state index is 0.450. The summed E-state index contributed by atoms with van der Waals surface area (Å²) in [4.78, 5) is 7.03. The first-order valence-corrected chi connectivity index (χ1v) is 7.80. The molecule has 2 aliphatic rings. The second kappa shape index (κ2) is 5.61. The van der Waals surface area contributed by atoms with Crippen molar-refractivity contribution in [2.24, 2.45) is 0 Å². The summed E-state index contributed by atoms with van der Waals surface area (Å²) in [6.07, 6.45) is 4.48. The number of anilines is 1. The van der Waals surface area contributed by atoms with Crippen molar-refractivity contribution in [3.8, 4) is 0 Å². The molecule has 0 aliphatic carbocycles. The third-order valence-corrected chi connectivity index (χ3v) is 4.37. The summed E-state index contributed by atoms with van der Waals surface area (Å²) in [5.41, 5.74) is 2.14. The molecule has 0 saturated carbocycles. The van der Waals surface area contributed by atoms with Crippen molar-refractivity contribution in [1.82, 2.24) is 19.9 Å². The van der Waals surface area contributed by atoms with E-state index in [-0.39, 0.29) is 0 Å². The molecule has 2 aromatic heterocycles. The van der Waals surface area contributed by atoms with Crippen molar-refractivity contribution in [1.29, 1.82) is 0 Å². The Morgan fingerprint density at radius 3 is 2.95 bits per heavy atom. The molecule has 2 saturated heterocycles. The lowest BCUT2D eigenvalue weighted by Gasteiger charge is -2.28. The van der Waals surface area contributed by atoms with Crippen LogP contribution in [0.2, 0.25) is 0 Å². The van der Waals surface area contributed by atoms with Gasteiger partial charge in [-0.25, -0.2) is 9.50 Å². The molecule has 0 aromatic carbocycles. The highest BCUT2D eigenvalue weighted by Gasteiger charge is 2.20. The number of piperidine rings is 1. The lowest BCUT2D eigenvalue weighted by Crippen LogP contribution is -2.36. The maximum atomic E-state index is 5.41. The molecular weight excluding hydrogens is 266 g/mol. The van der Waals surface area contributed by atoms with E-state index in [1.165, 1.54) is 18.5 Å². The molecular formula is C15H21N5O. The topological polar surface area (TPSA) is 54.7 Å². The number of fused-ring (bicyclic) bond motifs is 1. The molecule has 1 unspecified atom stereocenters. The molecule has 6 nitrogen and oxygen atoms in total. The SMILES string of the molecule is c1cc2nc(C3CCCNC3)nn2cc1N1CCOCC1. The van der Waals surface area contributed by atoms with Crippen molar-refractivity contribution >= 4 is 11.3 Å². The zero-order chi connectivity index (χ0) is 14.1. The fourth-order valence-corrected chi connectivity index (χ4v) is 3.14. The Labute approximate surface area is 124 Å². The van der Waals surface area contributed by atoms with Crippen LogP contribution in [0.25, 0.3) is 5.65 Å². The molecule has 4 rings (SSSR count). The van der Waals surface area contributed by atoms with Gasteiger partial charge in [0.1, 0.15) is 0 Å². The molecule has 0 spiro atoms. The first-order valence-electron chi connectivity index (χ1n) is 7.80. The molecule has 2 aromatic rings. The minimum Gasteiger partial charge on any atom is -0.378 e. The fraction of sp³-hybridized carbons (Fsp3) is 0.600. The summed E-state index contributed by atoms with van der Waals surface area (Å²) in [5.74, 6) is 1.42. The Morgan fingerprint density at radius 1 is 1.24 bits per heavy atom. The molecule has 21 heavy (non-hydrogen) atoms. The second-order valence-corrected chi connectivity index (χ2v) is 5.80. The minimum absolute atomic E-state index is 0.450. The molecule has 1 N–H and O–H groups in total. The third-order valence-electron chi connectivity index (χ3n) is 4.37. The number of rotatable bonds is 2. The van der Waals surface area contributed by atoms with Crippen molar-refractivity contribution in [2.45, 2.75) is 18.8 Å². The summed E-state index contributed by atoms with van der Waals surface area (Å²) in [6.45, 7) is 5.60. The van der Waals surface area contributed by atoms with E-state index in [1.807, 2.05) is 4.52 Å². The van der Waals surface area contributed by atoms with Crippen LogP contribution >= 0.6 is 0 Å². The van der Waals surface area contributed by atoms with Gasteiger partial charge in [-0.2, -0.15) is 5.10 Å². The average molecular weight is 287 g/mol. The van der Waals surface area contributed by atoms with Crippen LogP contribution in [0.15, 0.2) is 18.3 Å². The van der Waals surface area contributed by atoms with Gasteiger partial charge >= 0.3 is 0 Å². The number of hydrogen-bond donors (Lipinski definition) is 1. The molecule has 112 valence electrons. The molecule has 1 atom stereocenters. The van der Waals surface area contributed by atoms with Gasteiger partial charge in [-0.3, -0.25) is 0 Å². The molecule has 6 heteroatoms. The molecule has 2 fully saturated rings. The number of nitrogens with one attached hydrogen (secondary N) is 1. The Kier molecular flexibility index (Phi) is 3.48. The van der Waals surface area contributed by atoms with Crippen LogP contribution in [0.4, 0.5) is 5.69 Å². The Hall–Kier alpha value is -1.66. The molecule has 0 radical (unpaired) electrons. The van der Waals surface area contributed by atoms with Gasteiger partial charge in [-0.15, -0.1) is 0 Å². The zero-order valence-electron chi connectivity index (χ0n) is 12.2. The quantitative estimate of drug-likeness (QED) is 0.894. The van der Waals surface area contributed by atoms with Gasteiger partial charge < -0.3 is 15.0 Å². The van der Waals surface area contributed by atoms with Gasteiger partial charge in [0.2, 0.25) is 0 Å². The van der Waals surface area contributed by atoms with Gasteiger partial charge in [0, 0.05) is 25.6 Å². The van der Waals surface area contributed by atoms with Crippen LogP contribution in [0.5, 0.6) is 0 Å². The highest BCUT2D eigenvalue weighted by Crippen LogP contribution is 2.22. The first kappa shape index (κ1) is 13.0. The average Bonchev–Trinajstić information content (AvgIpc) is 2.99. The van der Waals surface area contributed by atoms with Crippen LogP contribution in [0.1, 0.15) is 24.6 Å². The number of aromatic nitrogens is 3. The zero-order valence-corrected chi connectivity index (χ0v) is 12.2. The number of ether oxygens (including phenoxy) is 1. The van der Waals surface area contributed by atoms with Gasteiger partial charge in [0.15, 0.2) is 11.5 Å². The van der Waals surface area contributed by atoms with Gasteiger partial charge in [0.05, 0.1) is 25.1 Å². The van der Waals surface area contributed by atoms with Crippen LogP contribution in [0.3, 0.4) is 0 Å². The van der Waals surface area contributed by atoms with E-state index < -0.39 is 0 Å². The Balaban J connectivity index is 1.61. The maximum Gasteiger partial charge on any atom is 0.156 e. The van der Waals surface area contributed by atoms with E-state index in [1.54, 1.807) is 0 Å². The van der Waals surface area contributed by atoms with Crippen LogP contribution in [-0.2, 0) is 4.74 Å². The summed E-state index contributed by atoms with van der Waals surface area (Å²) in [7, 11) is 0. The number of nitrogens with zero attached hydrogens (tertiary/aromatic N) is 4. The lowest BCUT2D eigenvalue weighted by molar-refractivity contribution is 0.122. The number of morpholine rings is 1. The van der Waals surface area contributed by atoms with E-state index >= 15 is 0 Å². The maximum absolute atomic E-state index is 5.41. The highest BCUT2D eigenvalue weighted by atomic mass is 16.5. The predicted octanol–water partition coefficient (Wildman–Crippen LogP) is 1.03. The molecule has 4 heterocycles. The van der Waals surface area contributed by atoms with Gasteiger partial charge in [-0.1, -0.05) is 0 Å². The Morgan fingerprint density at radius 2 is 2.14 bits per heavy atom. The van der Waals surface area contributed by atoms with Gasteiger partial charge in [-0.05, 0) is 31.5 Å². The summed E-state index contributed by atoms with van der Waals surface area (Å²) in [6, 6.07) is 4.20. The molecule has 0 bridgehead atoms. The van der Waals surface area contributed by atoms with E-state index in [0.29, 0.717) is 5.92 Å². The molecule has 2 aliphatic heterocycles. The summed E-state index contributed by atoms with van der Waals surface area (Å²) < 4.78 is 7.33. The summed E-state index contributed by atoms with van der Waals surface area (Å²) in [5, 5.41) is 8.13. The summed E-state index contributed by atoms with van der Waals surface area (Å²) >= 11 is 0. The van der Waals surface area contributed by atoms with E-state index in [2.05, 4.69) is 28.5 Å². The van der Waals surface area contributed by atoms with E-state index in [0.717, 1.165) is 50.9 Å². The lowest BCUT2D eigenvalue weighted by atomic mass is 9.99. The largest absolute Gasteiger partial charge is 0.378 e. The Bertz CT molecular complexity index is 598. The standard InChI is InChI=1S/C15H21N5O/c1-2-12(10-16-5-1)15-17-14-4-3-13(11-20(14)18-15)19-6-8-21-9-7-19/h3-4,11-12,16H,1-2,5-10H2. The molecule has 0 amide bonds. The normalized spacial score (nSPS) is 23.6. The monoisotopic (exact) mass is 287 g/mol. The van der Waals surface area contributed by atoms with Crippen LogP contribution in [-0.4, -0.2) is 54.0 Å². The van der Waals surface area contributed by atoms with Crippen LogP contribution < -0.4 is 10.2 Å². The van der Waals surface area contributed by atoms with Crippen molar-refractivity contribution < 1.29 is 4.74 Å². The van der Waals surface area contributed by atoms with Gasteiger partial charge in [0.25, 0.3) is 0 Å². The highest BCUT2D eigenvalue weighted by molar-refractivity contribution is 5.51. The predicted molar refractivity (Wildman–Crippen MR) is 80.9 cm³/mol. The smallest absolute Gasteiger partial charge is 0.156 e. The van der Waals surface area contributed by atoms with Crippen molar-refractivity contribution in [3.05, 3.63) is 24.2 Å². The number of hydrogen-bond acceptors (Lipinski definition) is 5.